The number of nitrogens with one attached hydrogen (secondary N) is 1. The highest BCUT2D eigenvalue weighted by Gasteiger charge is 2.21. The van der Waals surface area contributed by atoms with Gasteiger partial charge in [0.25, 0.3) is 0 Å². The molecule has 0 aliphatic heterocycles. The third kappa shape index (κ3) is 4.05. The molecule has 0 heterocycles. The third-order valence-corrected chi connectivity index (χ3v) is 3.99. The molecule has 0 bridgehead atoms. The minimum absolute atomic E-state index is 0.126. The van der Waals surface area contributed by atoms with Crippen molar-refractivity contribution >= 4 is 18.5 Å². The lowest BCUT2D eigenvalue weighted by molar-refractivity contribution is -0.120. The molecular weight excluding hydrogens is 242 g/mol. The normalized spacial score (nSPS) is 23.0. The maximum atomic E-state index is 11.8. The Kier molecular flexibility index (Phi) is 4.70. The smallest absolute Gasteiger partial charge is 0.224 e. The molecule has 1 fully saturated rings. The lowest BCUT2D eigenvalue weighted by Crippen LogP contribution is -2.29. The molecule has 2 unspecified atom stereocenters. The second-order valence-electron chi connectivity index (χ2n) is 5.43. The highest BCUT2D eigenvalue weighted by molar-refractivity contribution is 7.80. The van der Waals surface area contributed by atoms with Crippen molar-refractivity contribution in [2.24, 2.45) is 11.8 Å². The molecule has 2 nitrogen and oxygen atoms in total. The van der Waals surface area contributed by atoms with Crippen LogP contribution in [-0.4, -0.2) is 12.5 Å². The van der Waals surface area contributed by atoms with E-state index in [1.807, 2.05) is 24.3 Å². The molecule has 1 aromatic carbocycles. The molecule has 1 N–H and O–H groups in total. The Bertz CT molecular complexity index is 401. The van der Waals surface area contributed by atoms with Crippen LogP contribution >= 0.6 is 12.6 Å². The number of carbonyl (C=O) groups is 1. The predicted octanol–water partition coefficient (Wildman–Crippen LogP) is 3.07. The maximum absolute atomic E-state index is 11.8. The van der Waals surface area contributed by atoms with Crippen LogP contribution in [0.15, 0.2) is 29.2 Å². The fourth-order valence-corrected chi connectivity index (χ4v) is 2.78. The van der Waals surface area contributed by atoms with Crippen LogP contribution in [0.5, 0.6) is 0 Å². The van der Waals surface area contributed by atoms with E-state index < -0.39 is 0 Å². The largest absolute Gasteiger partial charge is 0.356 e. The average Bonchev–Trinajstić information content (AvgIpc) is 2.76. The van der Waals surface area contributed by atoms with E-state index in [9.17, 15) is 4.79 Å². The number of amides is 1. The van der Waals surface area contributed by atoms with E-state index >= 15 is 0 Å². The Morgan fingerprint density at radius 1 is 1.33 bits per heavy atom. The quantitative estimate of drug-likeness (QED) is 0.803. The molecular formula is C15H21NOS. The molecule has 2 rings (SSSR count). The summed E-state index contributed by atoms with van der Waals surface area (Å²) in [6.45, 7) is 3.13. The fourth-order valence-electron chi connectivity index (χ4n) is 2.63. The molecule has 1 saturated carbocycles. The highest BCUT2D eigenvalue weighted by atomic mass is 32.1. The van der Waals surface area contributed by atoms with Gasteiger partial charge >= 0.3 is 0 Å². The van der Waals surface area contributed by atoms with Crippen molar-refractivity contribution in [3.05, 3.63) is 29.8 Å². The summed E-state index contributed by atoms with van der Waals surface area (Å²) in [7, 11) is 0. The van der Waals surface area contributed by atoms with Crippen molar-refractivity contribution in [3.63, 3.8) is 0 Å². The van der Waals surface area contributed by atoms with Gasteiger partial charge in [-0.05, 0) is 42.4 Å². The van der Waals surface area contributed by atoms with Gasteiger partial charge in [-0.1, -0.05) is 25.5 Å². The summed E-state index contributed by atoms with van der Waals surface area (Å²) in [6, 6.07) is 7.76. The van der Waals surface area contributed by atoms with Crippen molar-refractivity contribution in [1.82, 2.24) is 5.32 Å². The Morgan fingerprint density at radius 3 is 2.67 bits per heavy atom. The van der Waals surface area contributed by atoms with Crippen molar-refractivity contribution in [2.75, 3.05) is 6.54 Å². The number of hydrogen-bond donors (Lipinski definition) is 2. The van der Waals surface area contributed by atoms with Crippen molar-refractivity contribution < 1.29 is 4.79 Å². The van der Waals surface area contributed by atoms with Gasteiger partial charge in [-0.25, -0.2) is 0 Å². The molecule has 0 radical (unpaired) electrons. The van der Waals surface area contributed by atoms with Crippen molar-refractivity contribution in [3.8, 4) is 0 Å². The first-order valence-electron chi connectivity index (χ1n) is 6.68. The molecule has 0 spiro atoms. The van der Waals surface area contributed by atoms with Gasteiger partial charge in [0.15, 0.2) is 0 Å². The highest BCUT2D eigenvalue weighted by Crippen LogP contribution is 2.29. The van der Waals surface area contributed by atoms with Gasteiger partial charge in [-0.3, -0.25) is 4.79 Å². The van der Waals surface area contributed by atoms with Crippen LogP contribution in [0.3, 0.4) is 0 Å². The van der Waals surface area contributed by atoms with Gasteiger partial charge in [0.05, 0.1) is 6.42 Å². The summed E-state index contributed by atoms with van der Waals surface area (Å²) in [5.74, 6) is 1.64. The second-order valence-corrected chi connectivity index (χ2v) is 5.95. The van der Waals surface area contributed by atoms with E-state index in [1.165, 1.54) is 19.3 Å². The second kappa shape index (κ2) is 6.28. The SMILES string of the molecule is CC1CCC(CNC(=O)Cc2ccc(S)cc2)C1. The Hall–Kier alpha value is -0.960. The number of rotatable bonds is 4. The van der Waals surface area contributed by atoms with Crippen LogP contribution in [-0.2, 0) is 11.2 Å². The number of carbonyl (C=O) groups excluding carboxylic acids is 1. The molecule has 0 saturated heterocycles. The maximum Gasteiger partial charge on any atom is 0.224 e. The minimum Gasteiger partial charge on any atom is -0.356 e. The van der Waals surface area contributed by atoms with Gasteiger partial charge in [-0.2, -0.15) is 0 Å². The molecule has 1 aliphatic carbocycles. The zero-order chi connectivity index (χ0) is 13.0. The van der Waals surface area contributed by atoms with E-state index in [1.54, 1.807) is 0 Å². The first-order chi connectivity index (χ1) is 8.63. The Balaban J connectivity index is 1.73. The summed E-state index contributed by atoms with van der Waals surface area (Å²) in [5, 5.41) is 3.05. The summed E-state index contributed by atoms with van der Waals surface area (Å²) < 4.78 is 0. The van der Waals surface area contributed by atoms with Crippen LogP contribution in [0.2, 0.25) is 0 Å². The van der Waals surface area contributed by atoms with Crippen molar-refractivity contribution in [1.29, 1.82) is 0 Å². The Morgan fingerprint density at radius 2 is 2.06 bits per heavy atom. The van der Waals surface area contributed by atoms with Crippen molar-refractivity contribution in [2.45, 2.75) is 37.5 Å². The molecule has 1 amide bonds. The van der Waals surface area contributed by atoms with E-state index in [4.69, 9.17) is 0 Å². The van der Waals surface area contributed by atoms with E-state index in [0.717, 1.165) is 22.9 Å². The van der Waals surface area contributed by atoms with Crippen LogP contribution in [0, 0.1) is 11.8 Å². The summed E-state index contributed by atoms with van der Waals surface area (Å²) in [5.41, 5.74) is 1.05. The first kappa shape index (κ1) is 13.5. The first-order valence-corrected chi connectivity index (χ1v) is 7.13. The lowest BCUT2D eigenvalue weighted by Gasteiger charge is -2.11. The van der Waals surface area contributed by atoms with Crippen LogP contribution < -0.4 is 5.32 Å². The van der Waals surface area contributed by atoms with Crippen LogP contribution in [0.25, 0.3) is 0 Å². The summed E-state index contributed by atoms with van der Waals surface area (Å²) in [4.78, 5) is 12.7. The standard InChI is InChI=1S/C15H21NOS/c1-11-2-3-13(8-11)10-16-15(17)9-12-4-6-14(18)7-5-12/h4-7,11,13,18H,2-3,8-10H2,1H3,(H,16,17). The molecule has 3 heteroatoms. The molecule has 2 atom stereocenters. The fraction of sp³-hybridized carbons (Fsp3) is 0.533. The number of thiol groups is 1. The van der Waals surface area contributed by atoms with Gasteiger partial charge in [-0.15, -0.1) is 12.6 Å². The summed E-state index contributed by atoms with van der Waals surface area (Å²) >= 11 is 4.23. The zero-order valence-corrected chi connectivity index (χ0v) is 11.7. The zero-order valence-electron chi connectivity index (χ0n) is 10.9. The predicted molar refractivity (Wildman–Crippen MR) is 76.9 cm³/mol. The third-order valence-electron chi connectivity index (χ3n) is 3.69. The monoisotopic (exact) mass is 263 g/mol. The van der Waals surface area contributed by atoms with Gasteiger partial charge in [0.2, 0.25) is 5.91 Å². The minimum atomic E-state index is 0.126. The molecule has 98 valence electrons. The van der Waals surface area contributed by atoms with E-state index in [0.29, 0.717) is 12.3 Å². The molecule has 18 heavy (non-hydrogen) atoms. The van der Waals surface area contributed by atoms with E-state index in [-0.39, 0.29) is 5.91 Å². The number of hydrogen-bond acceptors (Lipinski definition) is 2. The van der Waals surface area contributed by atoms with Gasteiger partial charge < -0.3 is 5.32 Å². The average molecular weight is 263 g/mol. The Labute approximate surface area is 115 Å². The molecule has 0 aromatic heterocycles. The van der Waals surface area contributed by atoms with E-state index in [2.05, 4.69) is 24.9 Å². The van der Waals surface area contributed by atoms with Crippen LogP contribution in [0.4, 0.5) is 0 Å². The van der Waals surface area contributed by atoms with Gasteiger partial charge in [0.1, 0.15) is 0 Å². The topological polar surface area (TPSA) is 29.1 Å². The number of benzene rings is 1. The van der Waals surface area contributed by atoms with Crippen LogP contribution in [0.1, 0.15) is 31.7 Å². The van der Waals surface area contributed by atoms with Gasteiger partial charge in [0, 0.05) is 11.4 Å². The molecule has 1 aliphatic rings. The molecule has 1 aromatic rings. The summed E-state index contributed by atoms with van der Waals surface area (Å²) in [6.07, 6.45) is 4.30. The lowest BCUT2D eigenvalue weighted by atomic mass is 10.1.